The van der Waals surface area contributed by atoms with Crippen LogP contribution in [0.1, 0.15) is 16.0 Å². The van der Waals surface area contributed by atoms with Gasteiger partial charge in [-0.1, -0.05) is 0 Å². The molecule has 116 valence electrons. The first-order valence-electron chi connectivity index (χ1n) is 7.15. The molecular formula is C17H15N3OS2. The van der Waals surface area contributed by atoms with Crippen molar-refractivity contribution >= 4 is 33.3 Å². The molecule has 3 aromatic rings. The van der Waals surface area contributed by atoms with Crippen molar-refractivity contribution < 1.29 is 4.74 Å². The predicted molar refractivity (Wildman–Crippen MR) is 94.3 cm³/mol. The maximum absolute atomic E-state index is 8.77. The highest BCUT2D eigenvalue weighted by atomic mass is 32.2. The number of aromatic nitrogens is 2. The lowest BCUT2D eigenvalue weighted by Crippen LogP contribution is -2.00. The molecule has 0 saturated heterocycles. The van der Waals surface area contributed by atoms with Crippen LogP contribution in [-0.2, 0) is 0 Å². The van der Waals surface area contributed by atoms with Crippen LogP contribution in [0.5, 0.6) is 5.75 Å². The lowest BCUT2D eigenvalue weighted by molar-refractivity contribution is 0.344. The monoisotopic (exact) mass is 341 g/mol. The van der Waals surface area contributed by atoms with E-state index in [0.29, 0.717) is 12.2 Å². The Balaban J connectivity index is 1.61. The summed E-state index contributed by atoms with van der Waals surface area (Å²) in [5, 5.41) is 11.0. The third-order valence-corrected chi connectivity index (χ3v) is 5.57. The molecule has 2 heterocycles. The minimum atomic E-state index is 0.588. The number of hydrogen-bond donors (Lipinski definition) is 0. The van der Waals surface area contributed by atoms with E-state index in [2.05, 4.69) is 29.9 Å². The quantitative estimate of drug-likeness (QED) is 0.392. The van der Waals surface area contributed by atoms with Crippen molar-refractivity contribution in [3.63, 3.8) is 0 Å². The summed E-state index contributed by atoms with van der Waals surface area (Å²) < 4.78 is 5.70. The molecule has 0 radical (unpaired) electrons. The minimum Gasteiger partial charge on any atom is -0.493 e. The Morgan fingerprint density at radius 3 is 2.74 bits per heavy atom. The standard InChI is InChI=1S/C17H15N3OS2/c1-11-12(2)23-17-15(11)16(19-10-20-17)22-8-7-21-14-5-3-13(9-18)4-6-14/h3-6,10H,7-8H2,1-2H3. The van der Waals surface area contributed by atoms with Crippen molar-refractivity contribution in [2.45, 2.75) is 18.9 Å². The third-order valence-electron chi connectivity index (χ3n) is 3.50. The molecule has 0 N–H and O–H groups in total. The maximum Gasteiger partial charge on any atom is 0.128 e. The summed E-state index contributed by atoms with van der Waals surface area (Å²) in [6.07, 6.45) is 1.63. The van der Waals surface area contributed by atoms with Crippen LogP contribution in [0.15, 0.2) is 35.6 Å². The average molecular weight is 341 g/mol. The second kappa shape index (κ2) is 6.99. The number of thiophene rings is 1. The largest absolute Gasteiger partial charge is 0.493 e. The van der Waals surface area contributed by atoms with Gasteiger partial charge in [-0.2, -0.15) is 5.26 Å². The summed E-state index contributed by atoms with van der Waals surface area (Å²) in [7, 11) is 0. The van der Waals surface area contributed by atoms with Crippen LogP contribution in [-0.4, -0.2) is 22.3 Å². The molecule has 0 amide bonds. The molecule has 0 aliphatic rings. The Morgan fingerprint density at radius 2 is 2.00 bits per heavy atom. The fourth-order valence-corrected chi connectivity index (χ4v) is 4.12. The fraction of sp³-hybridized carbons (Fsp3) is 0.235. The second-order valence-electron chi connectivity index (χ2n) is 4.98. The van der Waals surface area contributed by atoms with Gasteiger partial charge in [0, 0.05) is 16.0 Å². The minimum absolute atomic E-state index is 0.588. The molecular weight excluding hydrogens is 326 g/mol. The van der Waals surface area contributed by atoms with Crippen molar-refractivity contribution in [1.29, 1.82) is 5.26 Å². The van der Waals surface area contributed by atoms with Gasteiger partial charge >= 0.3 is 0 Å². The average Bonchev–Trinajstić information content (AvgIpc) is 2.87. The highest BCUT2D eigenvalue weighted by Gasteiger charge is 2.12. The Bertz CT molecular complexity index is 866. The number of nitriles is 1. The number of ether oxygens (including phenoxy) is 1. The van der Waals surface area contributed by atoms with Gasteiger partial charge in [0.05, 0.1) is 18.2 Å². The third kappa shape index (κ3) is 3.46. The van der Waals surface area contributed by atoms with E-state index in [4.69, 9.17) is 10.00 Å². The molecule has 0 bridgehead atoms. The molecule has 2 aromatic heterocycles. The van der Waals surface area contributed by atoms with E-state index < -0.39 is 0 Å². The topological polar surface area (TPSA) is 58.8 Å². The van der Waals surface area contributed by atoms with Crippen molar-refractivity contribution in [1.82, 2.24) is 9.97 Å². The first-order valence-corrected chi connectivity index (χ1v) is 8.95. The van der Waals surface area contributed by atoms with Crippen LogP contribution in [0.25, 0.3) is 10.2 Å². The number of benzene rings is 1. The van der Waals surface area contributed by atoms with Gasteiger partial charge < -0.3 is 4.74 Å². The second-order valence-corrected chi connectivity index (χ2v) is 7.26. The van der Waals surface area contributed by atoms with E-state index in [0.717, 1.165) is 21.4 Å². The van der Waals surface area contributed by atoms with Crippen LogP contribution in [0.2, 0.25) is 0 Å². The smallest absolute Gasteiger partial charge is 0.128 e. The van der Waals surface area contributed by atoms with Crippen molar-refractivity contribution in [2.75, 3.05) is 12.4 Å². The number of hydrogen-bond acceptors (Lipinski definition) is 6. The molecule has 0 aliphatic heterocycles. The summed E-state index contributed by atoms with van der Waals surface area (Å²) in [6, 6.07) is 9.25. The molecule has 1 aromatic carbocycles. The Morgan fingerprint density at radius 1 is 1.22 bits per heavy atom. The highest BCUT2D eigenvalue weighted by molar-refractivity contribution is 7.99. The number of fused-ring (bicyclic) bond motifs is 1. The Hall–Kier alpha value is -2.10. The van der Waals surface area contributed by atoms with Gasteiger partial charge in [0.1, 0.15) is 21.9 Å². The summed E-state index contributed by atoms with van der Waals surface area (Å²) in [6.45, 7) is 4.82. The lowest BCUT2D eigenvalue weighted by Gasteiger charge is -2.06. The van der Waals surface area contributed by atoms with Crippen molar-refractivity contribution in [2.24, 2.45) is 0 Å². The number of thioether (sulfide) groups is 1. The molecule has 6 heteroatoms. The van der Waals surface area contributed by atoms with E-state index in [1.807, 2.05) is 12.1 Å². The molecule has 0 atom stereocenters. The summed E-state index contributed by atoms with van der Waals surface area (Å²) in [4.78, 5) is 11.1. The molecule has 0 spiro atoms. The number of aryl methyl sites for hydroxylation is 2. The van der Waals surface area contributed by atoms with Crippen LogP contribution < -0.4 is 4.74 Å². The van der Waals surface area contributed by atoms with E-state index >= 15 is 0 Å². The zero-order valence-electron chi connectivity index (χ0n) is 12.9. The van der Waals surface area contributed by atoms with Gasteiger partial charge in [0.25, 0.3) is 0 Å². The summed E-state index contributed by atoms with van der Waals surface area (Å²) in [5.41, 5.74) is 1.90. The van der Waals surface area contributed by atoms with E-state index in [9.17, 15) is 0 Å². The van der Waals surface area contributed by atoms with Gasteiger partial charge in [-0.25, -0.2) is 9.97 Å². The molecule has 0 unspecified atom stereocenters. The molecule has 23 heavy (non-hydrogen) atoms. The molecule has 0 saturated carbocycles. The van der Waals surface area contributed by atoms with Gasteiger partial charge in [-0.15, -0.1) is 23.1 Å². The predicted octanol–water partition coefficient (Wildman–Crippen LogP) is 4.35. The van der Waals surface area contributed by atoms with E-state index in [1.54, 1.807) is 41.6 Å². The Kier molecular flexibility index (Phi) is 4.79. The first kappa shape index (κ1) is 15.8. The highest BCUT2D eigenvalue weighted by Crippen LogP contribution is 2.34. The van der Waals surface area contributed by atoms with Gasteiger partial charge in [-0.3, -0.25) is 0 Å². The van der Waals surface area contributed by atoms with Gasteiger partial charge in [0.2, 0.25) is 0 Å². The fourth-order valence-electron chi connectivity index (χ4n) is 2.18. The molecule has 0 aliphatic carbocycles. The van der Waals surface area contributed by atoms with E-state index in [-0.39, 0.29) is 0 Å². The van der Waals surface area contributed by atoms with Crippen molar-refractivity contribution in [3.05, 3.63) is 46.6 Å². The van der Waals surface area contributed by atoms with Gasteiger partial charge in [-0.05, 0) is 43.7 Å². The first-order chi connectivity index (χ1) is 11.2. The molecule has 3 rings (SSSR count). The van der Waals surface area contributed by atoms with Crippen LogP contribution in [0.3, 0.4) is 0 Å². The van der Waals surface area contributed by atoms with Crippen LogP contribution >= 0.6 is 23.1 Å². The zero-order chi connectivity index (χ0) is 16.2. The lowest BCUT2D eigenvalue weighted by atomic mass is 10.2. The van der Waals surface area contributed by atoms with Crippen LogP contribution in [0.4, 0.5) is 0 Å². The number of rotatable bonds is 5. The maximum atomic E-state index is 8.77. The Labute approximate surface area is 143 Å². The van der Waals surface area contributed by atoms with Gasteiger partial charge in [0.15, 0.2) is 0 Å². The van der Waals surface area contributed by atoms with Crippen LogP contribution in [0, 0.1) is 25.2 Å². The normalized spacial score (nSPS) is 10.7. The summed E-state index contributed by atoms with van der Waals surface area (Å²) >= 11 is 3.39. The van der Waals surface area contributed by atoms with E-state index in [1.165, 1.54) is 15.8 Å². The SMILES string of the molecule is Cc1sc2ncnc(SCCOc3ccc(C#N)cc3)c2c1C. The molecule has 0 fully saturated rings. The van der Waals surface area contributed by atoms with Crippen molar-refractivity contribution in [3.8, 4) is 11.8 Å². The zero-order valence-corrected chi connectivity index (χ0v) is 14.5. The molecule has 4 nitrogen and oxygen atoms in total. The summed E-state index contributed by atoms with van der Waals surface area (Å²) in [5.74, 6) is 1.58. The number of nitrogens with zero attached hydrogens (tertiary/aromatic N) is 3.